The van der Waals surface area contributed by atoms with Crippen molar-refractivity contribution >= 4 is 5.91 Å². The van der Waals surface area contributed by atoms with Gasteiger partial charge in [-0.25, -0.2) is 0 Å². The molecular weight excluding hydrogens is 214 g/mol. The van der Waals surface area contributed by atoms with Crippen LogP contribution in [0.5, 0.6) is 0 Å². The summed E-state index contributed by atoms with van der Waals surface area (Å²) in [7, 11) is 3.65. The Bertz CT molecular complexity index is 272. The van der Waals surface area contributed by atoms with Crippen LogP contribution >= 0.6 is 0 Å². The molecule has 1 aliphatic carbocycles. The highest BCUT2D eigenvalue weighted by Crippen LogP contribution is 2.30. The largest absolute Gasteiger partial charge is 0.348 e. The molecule has 2 unspecified atom stereocenters. The van der Waals surface area contributed by atoms with Gasteiger partial charge in [0.05, 0.1) is 6.54 Å². The molecule has 17 heavy (non-hydrogen) atoms. The lowest BCUT2D eigenvalue weighted by atomic mass is 10.0. The molecule has 1 N–H and O–H groups in total. The number of nitrogens with zero attached hydrogens (tertiary/aromatic N) is 2. The van der Waals surface area contributed by atoms with Crippen LogP contribution in [-0.2, 0) is 4.79 Å². The molecule has 0 bridgehead atoms. The Labute approximate surface area is 104 Å². The van der Waals surface area contributed by atoms with Crippen LogP contribution in [0.3, 0.4) is 0 Å². The van der Waals surface area contributed by atoms with Crippen molar-refractivity contribution in [2.75, 3.05) is 33.7 Å². The van der Waals surface area contributed by atoms with E-state index in [4.69, 9.17) is 0 Å². The van der Waals surface area contributed by atoms with E-state index in [-0.39, 0.29) is 5.91 Å². The van der Waals surface area contributed by atoms with E-state index in [1.54, 1.807) is 4.90 Å². The smallest absolute Gasteiger partial charge is 0.236 e. The Hall–Kier alpha value is -0.610. The fourth-order valence-electron chi connectivity index (χ4n) is 2.45. The number of hydrogen-bond acceptors (Lipinski definition) is 3. The zero-order valence-electron chi connectivity index (χ0n) is 11.3. The molecule has 1 aliphatic heterocycles. The second kappa shape index (κ2) is 5.36. The summed E-state index contributed by atoms with van der Waals surface area (Å²) in [5, 5.41) is 3.72. The zero-order valence-corrected chi connectivity index (χ0v) is 11.3. The first-order chi connectivity index (χ1) is 8.06. The standard InChI is InChI=1S/C13H25N3O/c1-10-8-12(10)14-11-4-6-16(7-5-11)9-13(17)15(2)3/h10-12,14H,4-9H2,1-3H3. The summed E-state index contributed by atoms with van der Waals surface area (Å²) in [5.74, 6) is 1.09. The number of likely N-dealkylation sites (N-methyl/N-ethyl adjacent to an activating group) is 1. The molecule has 1 heterocycles. The first kappa shape index (κ1) is 12.8. The third kappa shape index (κ3) is 3.68. The topological polar surface area (TPSA) is 35.6 Å². The normalized spacial score (nSPS) is 30.3. The number of carbonyl (C=O) groups excluding carboxylic acids is 1. The van der Waals surface area contributed by atoms with E-state index >= 15 is 0 Å². The summed E-state index contributed by atoms with van der Waals surface area (Å²) in [6.45, 7) is 5.00. The van der Waals surface area contributed by atoms with Crippen molar-refractivity contribution in [2.45, 2.75) is 38.3 Å². The maximum Gasteiger partial charge on any atom is 0.236 e. The molecule has 98 valence electrons. The van der Waals surface area contributed by atoms with Crippen molar-refractivity contribution in [1.82, 2.24) is 15.1 Å². The van der Waals surface area contributed by atoms with E-state index in [1.165, 1.54) is 19.3 Å². The van der Waals surface area contributed by atoms with Crippen LogP contribution < -0.4 is 5.32 Å². The summed E-state index contributed by atoms with van der Waals surface area (Å²) in [4.78, 5) is 15.5. The minimum atomic E-state index is 0.215. The van der Waals surface area contributed by atoms with Gasteiger partial charge in [-0.1, -0.05) is 6.92 Å². The molecule has 0 spiro atoms. The van der Waals surface area contributed by atoms with Crippen molar-refractivity contribution in [3.63, 3.8) is 0 Å². The first-order valence-corrected chi connectivity index (χ1v) is 6.75. The van der Waals surface area contributed by atoms with Gasteiger partial charge in [-0.05, 0) is 25.2 Å². The van der Waals surface area contributed by atoms with Crippen LogP contribution in [0, 0.1) is 5.92 Å². The van der Waals surface area contributed by atoms with E-state index in [1.807, 2.05) is 14.1 Å². The summed E-state index contributed by atoms with van der Waals surface area (Å²) in [6, 6.07) is 1.45. The van der Waals surface area contributed by atoms with Crippen molar-refractivity contribution in [3.8, 4) is 0 Å². The highest BCUT2D eigenvalue weighted by Gasteiger charge is 2.34. The average Bonchev–Trinajstić information content (AvgIpc) is 2.97. The molecule has 4 nitrogen and oxygen atoms in total. The van der Waals surface area contributed by atoms with Gasteiger partial charge in [-0.3, -0.25) is 9.69 Å². The summed E-state index contributed by atoms with van der Waals surface area (Å²) in [5.41, 5.74) is 0. The lowest BCUT2D eigenvalue weighted by molar-refractivity contribution is -0.130. The number of piperidine rings is 1. The molecule has 0 aromatic carbocycles. The fraction of sp³-hybridized carbons (Fsp3) is 0.923. The molecule has 2 rings (SSSR count). The molecule has 0 aromatic heterocycles. The molecule has 1 saturated carbocycles. The minimum absolute atomic E-state index is 0.215. The van der Waals surface area contributed by atoms with E-state index < -0.39 is 0 Å². The summed E-state index contributed by atoms with van der Waals surface area (Å²) >= 11 is 0. The van der Waals surface area contributed by atoms with E-state index in [2.05, 4.69) is 17.1 Å². The summed E-state index contributed by atoms with van der Waals surface area (Å²) < 4.78 is 0. The molecule has 0 aromatic rings. The third-order valence-electron chi connectivity index (χ3n) is 4.00. The maximum absolute atomic E-state index is 11.6. The number of amides is 1. The third-order valence-corrected chi connectivity index (χ3v) is 4.00. The first-order valence-electron chi connectivity index (χ1n) is 6.75. The van der Waals surface area contributed by atoms with Gasteiger partial charge in [0.2, 0.25) is 5.91 Å². The molecule has 2 atom stereocenters. The number of carbonyl (C=O) groups is 1. The minimum Gasteiger partial charge on any atom is -0.348 e. The second-order valence-electron chi connectivity index (χ2n) is 5.82. The van der Waals surface area contributed by atoms with Gasteiger partial charge in [0.1, 0.15) is 0 Å². The van der Waals surface area contributed by atoms with Gasteiger partial charge >= 0.3 is 0 Å². The van der Waals surface area contributed by atoms with Crippen LogP contribution in [0.25, 0.3) is 0 Å². The van der Waals surface area contributed by atoms with Crippen LogP contribution in [0.15, 0.2) is 0 Å². The monoisotopic (exact) mass is 239 g/mol. The molecule has 2 aliphatic rings. The van der Waals surface area contributed by atoms with E-state index in [9.17, 15) is 4.79 Å². The molecule has 1 saturated heterocycles. The maximum atomic E-state index is 11.6. The second-order valence-corrected chi connectivity index (χ2v) is 5.82. The average molecular weight is 239 g/mol. The van der Waals surface area contributed by atoms with Crippen molar-refractivity contribution in [2.24, 2.45) is 5.92 Å². The number of nitrogens with one attached hydrogen (secondary N) is 1. The summed E-state index contributed by atoms with van der Waals surface area (Å²) in [6.07, 6.45) is 3.72. The highest BCUT2D eigenvalue weighted by atomic mass is 16.2. The van der Waals surface area contributed by atoms with Gasteiger partial charge in [0, 0.05) is 39.3 Å². The Morgan fingerprint density at radius 1 is 1.35 bits per heavy atom. The lowest BCUT2D eigenvalue weighted by Crippen LogP contribution is -2.46. The quantitative estimate of drug-likeness (QED) is 0.777. The predicted molar refractivity (Wildman–Crippen MR) is 68.9 cm³/mol. The Balaban J connectivity index is 1.65. The Morgan fingerprint density at radius 2 is 1.94 bits per heavy atom. The molecule has 1 amide bonds. The van der Waals surface area contributed by atoms with Crippen LogP contribution in [0.4, 0.5) is 0 Å². The Morgan fingerprint density at radius 3 is 2.41 bits per heavy atom. The van der Waals surface area contributed by atoms with E-state index in [0.717, 1.165) is 25.0 Å². The number of likely N-dealkylation sites (tertiary alicyclic amines) is 1. The van der Waals surface area contributed by atoms with Crippen molar-refractivity contribution in [1.29, 1.82) is 0 Å². The van der Waals surface area contributed by atoms with Gasteiger partial charge in [0.15, 0.2) is 0 Å². The molecule has 4 heteroatoms. The Kier molecular flexibility index (Phi) is 4.05. The van der Waals surface area contributed by atoms with Crippen LogP contribution in [-0.4, -0.2) is 61.5 Å². The van der Waals surface area contributed by atoms with Gasteiger partial charge in [0.25, 0.3) is 0 Å². The van der Waals surface area contributed by atoms with Crippen molar-refractivity contribution < 1.29 is 4.79 Å². The van der Waals surface area contributed by atoms with Gasteiger partial charge in [-0.2, -0.15) is 0 Å². The van der Waals surface area contributed by atoms with Gasteiger partial charge in [-0.15, -0.1) is 0 Å². The number of rotatable bonds is 4. The van der Waals surface area contributed by atoms with E-state index in [0.29, 0.717) is 12.6 Å². The zero-order chi connectivity index (χ0) is 12.4. The predicted octanol–water partition coefficient (Wildman–Crippen LogP) is 0.537. The molecule has 2 fully saturated rings. The van der Waals surface area contributed by atoms with Crippen LogP contribution in [0.1, 0.15) is 26.2 Å². The lowest BCUT2D eigenvalue weighted by Gasteiger charge is -2.32. The number of hydrogen-bond donors (Lipinski definition) is 1. The van der Waals surface area contributed by atoms with Crippen molar-refractivity contribution in [3.05, 3.63) is 0 Å². The molecule has 0 radical (unpaired) electrons. The van der Waals surface area contributed by atoms with Crippen LogP contribution in [0.2, 0.25) is 0 Å². The molecular formula is C13H25N3O. The SMILES string of the molecule is CC1CC1NC1CCN(CC(=O)N(C)C)CC1. The van der Waals surface area contributed by atoms with Gasteiger partial charge < -0.3 is 10.2 Å². The fourth-order valence-corrected chi connectivity index (χ4v) is 2.45. The highest BCUT2D eigenvalue weighted by molar-refractivity contribution is 5.77.